The maximum atomic E-state index is 5.44. The summed E-state index contributed by atoms with van der Waals surface area (Å²) >= 11 is 0. The molecule has 2 atom stereocenters. The van der Waals surface area contributed by atoms with Gasteiger partial charge >= 0.3 is 0 Å². The Morgan fingerprint density at radius 1 is 1.00 bits per heavy atom. The van der Waals surface area contributed by atoms with Crippen LogP contribution in [0.4, 0.5) is 0 Å². The molecule has 2 rings (SSSR count). The van der Waals surface area contributed by atoms with Crippen LogP contribution in [0.2, 0.25) is 0 Å². The lowest BCUT2D eigenvalue weighted by Crippen LogP contribution is -2.35. The van der Waals surface area contributed by atoms with E-state index in [0.29, 0.717) is 12.1 Å². The monoisotopic (exact) mass is 298 g/mol. The highest BCUT2D eigenvalue weighted by molar-refractivity contribution is 5.70. The van der Waals surface area contributed by atoms with Crippen molar-refractivity contribution in [1.29, 1.82) is 0 Å². The SMILES string of the molecule is CNC(C)CNC(C)c1ccc(-c2ccccc2OC)cc1. The van der Waals surface area contributed by atoms with Crippen LogP contribution in [0.15, 0.2) is 48.5 Å². The number of para-hydroxylation sites is 1. The number of methoxy groups -OCH3 is 1. The number of hydrogen-bond donors (Lipinski definition) is 2. The van der Waals surface area contributed by atoms with Crippen molar-refractivity contribution in [2.45, 2.75) is 25.9 Å². The van der Waals surface area contributed by atoms with Crippen molar-refractivity contribution < 1.29 is 4.74 Å². The summed E-state index contributed by atoms with van der Waals surface area (Å²) < 4.78 is 5.44. The van der Waals surface area contributed by atoms with Crippen LogP contribution in [-0.2, 0) is 0 Å². The number of ether oxygens (including phenoxy) is 1. The fourth-order valence-corrected chi connectivity index (χ4v) is 2.41. The Morgan fingerprint density at radius 3 is 2.32 bits per heavy atom. The molecule has 0 fully saturated rings. The molecule has 0 aliphatic heterocycles. The molecule has 2 aromatic rings. The van der Waals surface area contributed by atoms with E-state index < -0.39 is 0 Å². The van der Waals surface area contributed by atoms with Crippen molar-refractivity contribution in [1.82, 2.24) is 10.6 Å². The lowest BCUT2D eigenvalue weighted by atomic mass is 10.0. The van der Waals surface area contributed by atoms with Gasteiger partial charge in [0.15, 0.2) is 0 Å². The molecule has 3 heteroatoms. The minimum absolute atomic E-state index is 0.336. The highest BCUT2D eigenvalue weighted by Crippen LogP contribution is 2.30. The number of benzene rings is 2. The zero-order valence-electron chi connectivity index (χ0n) is 13.9. The van der Waals surface area contributed by atoms with E-state index in [1.54, 1.807) is 7.11 Å². The number of rotatable bonds is 7. The van der Waals surface area contributed by atoms with E-state index in [1.807, 2.05) is 25.2 Å². The van der Waals surface area contributed by atoms with Gasteiger partial charge in [-0.3, -0.25) is 0 Å². The van der Waals surface area contributed by atoms with E-state index in [0.717, 1.165) is 17.9 Å². The van der Waals surface area contributed by atoms with Gasteiger partial charge in [0.25, 0.3) is 0 Å². The normalized spacial score (nSPS) is 13.6. The average Bonchev–Trinajstić information content (AvgIpc) is 2.59. The van der Waals surface area contributed by atoms with Gasteiger partial charge in [-0.2, -0.15) is 0 Å². The van der Waals surface area contributed by atoms with Crippen LogP contribution in [-0.4, -0.2) is 26.7 Å². The van der Waals surface area contributed by atoms with Gasteiger partial charge in [-0.05, 0) is 38.1 Å². The summed E-state index contributed by atoms with van der Waals surface area (Å²) in [6.45, 7) is 5.32. The molecule has 118 valence electrons. The number of nitrogens with one attached hydrogen (secondary N) is 2. The minimum atomic E-state index is 0.336. The molecule has 0 aliphatic rings. The molecule has 2 N–H and O–H groups in total. The Kier molecular flexibility index (Phi) is 5.99. The van der Waals surface area contributed by atoms with E-state index in [9.17, 15) is 0 Å². The second-order valence-electron chi connectivity index (χ2n) is 5.64. The van der Waals surface area contributed by atoms with E-state index in [2.05, 4.69) is 54.8 Å². The first kappa shape index (κ1) is 16.5. The number of hydrogen-bond acceptors (Lipinski definition) is 3. The summed E-state index contributed by atoms with van der Waals surface area (Å²) in [5, 5.41) is 6.78. The molecule has 3 nitrogen and oxygen atoms in total. The maximum absolute atomic E-state index is 5.44. The second kappa shape index (κ2) is 7.97. The van der Waals surface area contributed by atoms with Crippen molar-refractivity contribution >= 4 is 0 Å². The lowest BCUT2D eigenvalue weighted by Gasteiger charge is -2.18. The molecule has 0 heterocycles. The van der Waals surface area contributed by atoms with Crippen LogP contribution in [0.5, 0.6) is 5.75 Å². The topological polar surface area (TPSA) is 33.3 Å². The standard InChI is InChI=1S/C19H26N2O/c1-14(20-3)13-21-15(2)16-9-11-17(12-10-16)18-7-5-6-8-19(18)22-4/h5-12,14-15,20-21H,13H2,1-4H3. The van der Waals surface area contributed by atoms with Crippen LogP contribution in [0.1, 0.15) is 25.5 Å². The van der Waals surface area contributed by atoms with Gasteiger partial charge in [-0.1, -0.05) is 42.5 Å². The van der Waals surface area contributed by atoms with E-state index in [4.69, 9.17) is 4.74 Å². The van der Waals surface area contributed by atoms with Crippen molar-refractivity contribution in [3.8, 4) is 16.9 Å². The minimum Gasteiger partial charge on any atom is -0.496 e. The Balaban J connectivity index is 2.10. The van der Waals surface area contributed by atoms with Gasteiger partial charge in [0.05, 0.1) is 7.11 Å². The van der Waals surface area contributed by atoms with Crippen LogP contribution >= 0.6 is 0 Å². The molecule has 0 spiro atoms. The largest absolute Gasteiger partial charge is 0.496 e. The molecule has 0 radical (unpaired) electrons. The second-order valence-corrected chi connectivity index (χ2v) is 5.64. The summed E-state index contributed by atoms with van der Waals surface area (Å²) in [6, 6.07) is 17.6. The molecule has 0 amide bonds. The first-order valence-corrected chi connectivity index (χ1v) is 7.79. The van der Waals surface area contributed by atoms with Crippen LogP contribution in [0.25, 0.3) is 11.1 Å². The first-order valence-electron chi connectivity index (χ1n) is 7.79. The lowest BCUT2D eigenvalue weighted by molar-refractivity contribution is 0.416. The van der Waals surface area contributed by atoms with Gasteiger partial charge < -0.3 is 15.4 Å². The van der Waals surface area contributed by atoms with Gasteiger partial charge in [0.1, 0.15) is 5.75 Å². The molecule has 0 saturated heterocycles. The first-order chi connectivity index (χ1) is 10.7. The Labute approximate surface area is 133 Å². The maximum Gasteiger partial charge on any atom is 0.126 e. The molecular weight excluding hydrogens is 272 g/mol. The van der Waals surface area contributed by atoms with Crippen molar-refractivity contribution in [2.75, 3.05) is 20.7 Å². The van der Waals surface area contributed by atoms with Crippen LogP contribution in [0, 0.1) is 0 Å². The average molecular weight is 298 g/mol. The van der Waals surface area contributed by atoms with Gasteiger partial charge in [-0.25, -0.2) is 0 Å². The molecule has 0 aliphatic carbocycles. The summed E-state index contributed by atoms with van der Waals surface area (Å²) in [6.07, 6.45) is 0. The Hall–Kier alpha value is -1.84. The third kappa shape index (κ3) is 4.09. The predicted octanol–water partition coefficient (Wildman–Crippen LogP) is 3.62. The highest BCUT2D eigenvalue weighted by atomic mass is 16.5. The van der Waals surface area contributed by atoms with Gasteiger partial charge in [0, 0.05) is 24.2 Å². The van der Waals surface area contributed by atoms with Crippen LogP contribution in [0.3, 0.4) is 0 Å². The molecule has 0 aromatic heterocycles. The van der Waals surface area contributed by atoms with Crippen LogP contribution < -0.4 is 15.4 Å². The predicted molar refractivity (Wildman–Crippen MR) is 93.4 cm³/mol. The number of likely N-dealkylation sites (N-methyl/N-ethyl adjacent to an activating group) is 1. The van der Waals surface area contributed by atoms with Crippen molar-refractivity contribution in [3.05, 3.63) is 54.1 Å². The van der Waals surface area contributed by atoms with E-state index >= 15 is 0 Å². The summed E-state index contributed by atoms with van der Waals surface area (Å²) in [4.78, 5) is 0. The smallest absolute Gasteiger partial charge is 0.126 e. The van der Waals surface area contributed by atoms with Gasteiger partial charge in [0.2, 0.25) is 0 Å². The summed E-state index contributed by atoms with van der Waals surface area (Å²) in [7, 11) is 3.70. The zero-order chi connectivity index (χ0) is 15.9. The van der Waals surface area contributed by atoms with Crippen molar-refractivity contribution in [3.63, 3.8) is 0 Å². The molecule has 0 bridgehead atoms. The Morgan fingerprint density at radius 2 is 1.68 bits per heavy atom. The van der Waals surface area contributed by atoms with E-state index in [-0.39, 0.29) is 0 Å². The quantitative estimate of drug-likeness (QED) is 0.819. The molecule has 2 unspecified atom stereocenters. The zero-order valence-corrected chi connectivity index (χ0v) is 13.9. The van der Waals surface area contributed by atoms with Crippen molar-refractivity contribution in [2.24, 2.45) is 0 Å². The fraction of sp³-hybridized carbons (Fsp3) is 0.368. The summed E-state index contributed by atoms with van der Waals surface area (Å²) in [5.74, 6) is 0.907. The molecular formula is C19H26N2O. The van der Waals surface area contributed by atoms with E-state index in [1.165, 1.54) is 11.1 Å². The van der Waals surface area contributed by atoms with Gasteiger partial charge in [-0.15, -0.1) is 0 Å². The summed E-state index contributed by atoms with van der Waals surface area (Å²) in [5.41, 5.74) is 3.60. The molecule has 2 aromatic carbocycles. The Bertz CT molecular complexity index is 580. The highest BCUT2D eigenvalue weighted by Gasteiger charge is 2.08. The fourth-order valence-electron chi connectivity index (χ4n) is 2.41. The molecule has 0 saturated carbocycles. The third-order valence-electron chi connectivity index (χ3n) is 4.05. The molecule has 22 heavy (non-hydrogen) atoms. The third-order valence-corrected chi connectivity index (χ3v) is 4.05.